The number of hydrogen-bond donors (Lipinski definition) is 1. The molecule has 0 atom stereocenters. The highest BCUT2D eigenvalue weighted by Gasteiger charge is 2.13. The Labute approximate surface area is 141 Å². The summed E-state index contributed by atoms with van der Waals surface area (Å²) < 4.78 is 5.54. The van der Waals surface area contributed by atoms with Crippen molar-refractivity contribution in [3.05, 3.63) is 34.0 Å². The molecule has 0 aliphatic heterocycles. The molecule has 1 amide bonds. The van der Waals surface area contributed by atoms with Crippen LogP contribution in [0, 0.1) is 6.92 Å². The molecule has 0 spiro atoms. The normalized spacial score (nSPS) is 10.9. The molecule has 3 rings (SSSR count). The molecule has 0 aromatic carbocycles. The third-order valence-electron chi connectivity index (χ3n) is 3.02. The second-order valence-corrected chi connectivity index (χ2v) is 6.95. The minimum atomic E-state index is -0.142. The van der Waals surface area contributed by atoms with Crippen molar-refractivity contribution in [3.8, 4) is 10.8 Å². The van der Waals surface area contributed by atoms with E-state index in [1.54, 1.807) is 0 Å². The molecule has 0 radical (unpaired) electrons. The smallest absolute Gasteiger partial charge is 0.232 e. The number of nitrogens with one attached hydrogen (secondary N) is 1. The number of carbonyl (C=O) groups is 1. The van der Waals surface area contributed by atoms with Gasteiger partial charge in [0.05, 0.1) is 12.1 Å². The van der Waals surface area contributed by atoms with Gasteiger partial charge in [0.1, 0.15) is 10.8 Å². The maximum absolute atomic E-state index is 12.1. The van der Waals surface area contributed by atoms with Crippen molar-refractivity contribution in [2.45, 2.75) is 33.1 Å². The highest BCUT2D eigenvalue weighted by molar-refractivity contribution is 7.15. The van der Waals surface area contributed by atoms with Gasteiger partial charge in [0.2, 0.25) is 11.0 Å². The molecule has 0 aliphatic rings. The summed E-state index contributed by atoms with van der Waals surface area (Å²) in [5, 5.41) is 14.9. The summed E-state index contributed by atoms with van der Waals surface area (Å²) in [5.74, 6) is 1.43. The van der Waals surface area contributed by atoms with Crippen molar-refractivity contribution in [1.82, 2.24) is 15.2 Å². The molecule has 6 nitrogen and oxygen atoms in total. The van der Waals surface area contributed by atoms with Crippen molar-refractivity contribution in [2.75, 3.05) is 5.32 Å². The molecule has 8 heteroatoms. The van der Waals surface area contributed by atoms with E-state index in [1.165, 1.54) is 22.7 Å². The highest BCUT2D eigenvalue weighted by Crippen LogP contribution is 2.26. The minimum absolute atomic E-state index is 0.142. The number of aromatic nitrogens is 3. The van der Waals surface area contributed by atoms with E-state index in [-0.39, 0.29) is 12.3 Å². The molecular weight excluding hydrogens is 332 g/mol. The highest BCUT2D eigenvalue weighted by atomic mass is 32.1. The van der Waals surface area contributed by atoms with Crippen LogP contribution < -0.4 is 5.32 Å². The molecule has 0 saturated carbocycles. The summed E-state index contributed by atoms with van der Waals surface area (Å²) in [7, 11) is 0. The van der Waals surface area contributed by atoms with Gasteiger partial charge in [-0.2, -0.15) is 0 Å². The van der Waals surface area contributed by atoms with E-state index in [2.05, 4.69) is 27.4 Å². The van der Waals surface area contributed by atoms with Crippen LogP contribution in [0.5, 0.6) is 0 Å². The largest absolute Gasteiger partial charge is 0.459 e. The van der Waals surface area contributed by atoms with Crippen molar-refractivity contribution < 1.29 is 9.21 Å². The average molecular weight is 348 g/mol. The fourth-order valence-electron chi connectivity index (χ4n) is 2.00. The Morgan fingerprint density at radius 1 is 1.35 bits per heavy atom. The first-order valence-corrected chi connectivity index (χ1v) is 8.97. The Kier molecular flexibility index (Phi) is 4.82. The Morgan fingerprint density at radius 3 is 2.96 bits per heavy atom. The standard InChI is InChI=1S/C15H16N4O2S2/c1-3-4-13-18-19-15(23-13)17-12(20)7-10-8-22-14(16-10)11-6-5-9(2)21-11/h5-6,8H,3-4,7H2,1-2H3,(H,17,19,20). The summed E-state index contributed by atoms with van der Waals surface area (Å²) >= 11 is 2.88. The van der Waals surface area contributed by atoms with Crippen LogP contribution in [0.15, 0.2) is 21.9 Å². The minimum Gasteiger partial charge on any atom is -0.459 e. The molecule has 1 N–H and O–H groups in total. The molecule has 0 aliphatic carbocycles. The monoisotopic (exact) mass is 348 g/mol. The molecule has 0 bridgehead atoms. The van der Waals surface area contributed by atoms with Crippen LogP contribution in [0.2, 0.25) is 0 Å². The summed E-state index contributed by atoms with van der Waals surface area (Å²) in [6.07, 6.45) is 2.10. The molecule has 0 saturated heterocycles. The van der Waals surface area contributed by atoms with Gasteiger partial charge in [-0.3, -0.25) is 4.79 Å². The van der Waals surface area contributed by atoms with E-state index in [9.17, 15) is 4.79 Å². The van der Waals surface area contributed by atoms with Gasteiger partial charge in [-0.1, -0.05) is 18.3 Å². The molecule has 120 valence electrons. The second kappa shape index (κ2) is 7.01. The van der Waals surface area contributed by atoms with Gasteiger partial charge < -0.3 is 9.73 Å². The molecule has 3 heterocycles. The van der Waals surface area contributed by atoms with Gasteiger partial charge in [0.15, 0.2) is 10.8 Å². The predicted molar refractivity (Wildman–Crippen MR) is 90.8 cm³/mol. The first-order valence-electron chi connectivity index (χ1n) is 7.27. The van der Waals surface area contributed by atoms with Gasteiger partial charge in [-0.25, -0.2) is 4.98 Å². The lowest BCUT2D eigenvalue weighted by molar-refractivity contribution is -0.115. The first-order chi connectivity index (χ1) is 11.1. The number of furan rings is 1. The fraction of sp³-hybridized carbons (Fsp3) is 0.333. The second-order valence-electron chi connectivity index (χ2n) is 5.03. The predicted octanol–water partition coefficient (Wildman–Crippen LogP) is 3.70. The van der Waals surface area contributed by atoms with Gasteiger partial charge in [0.25, 0.3) is 0 Å². The van der Waals surface area contributed by atoms with Gasteiger partial charge >= 0.3 is 0 Å². The maximum Gasteiger partial charge on any atom is 0.232 e. The third kappa shape index (κ3) is 4.02. The molecule has 3 aromatic rings. The van der Waals surface area contributed by atoms with Crippen LogP contribution in [-0.2, 0) is 17.6 Å². The zero-order valence-electron chi connectivity index (χ0n) is 12.8. The number of thiazole rings is 1. The van der Waals surface area contributed by atoms with Crippen LogP contribution in [0.3, 0.4) is 0 Å². The average Bonchev–Trinajstić information content (AvgIpc) is 3.21. The Balaban J connectivity index is 1.60. The SMILES string of the molecule is CCCc1nnc(NC(=O)Cc2csc(-c3ccc(C)o3)n2)s1. The Bertz CT molecular complexity index is 806. The summed E-state index contributed by atoms with van der Waals surface area (Å²) in [5.41, 5.74) is 0.717. The maximum atomic E-state index is 12.1. The number of nitrogens with zero attached hydrogens (tertiary/aromatic N) is 3. The lowest BCUT2D eigenvalue weighted by atomic mass is 10.3. The van der Waals surface area contributed by atoms with Crippen LogP contribution in [0.1, 0.15) is 29.8 Å². The number of hydrogen-bond acceptors (Lipinski definition) is 7. The number of anilines is 1. The number of carbonyl (C=O) groups excluding carboxylic acids is 1. The Morgan fingerprint density at radius 2 is 2.22 bits per heavy atom. The summed E-state index contributed by atoms with van der Waals surface area (Å²) in [6.45, 7) is 3.97. The van der Waals surface area contributed by atoms with Crippen molar-refractivity contribution >= 4 is 33.7 Å². The molecule has 23 heavy (non-hydrogen) atoms. The van der Waals surface area contributed by atoms with Crippen molar-refractivity contribution in [3.63, 3.8) is 0 Å². The van der Waals surface area contributed by atoms with E-state index < -0.39 is 0 Å². The van der Waals surface area contributed by atoms with Gasteiger partial charge in [0, 0.05) is 11.8 Å². The lowest BCUT2D eigenvalue weighted by Crippen LogP contribution is -2.14. The van der Waals surface area contributed by atoms with Crippen LogP contribution in [-0.4, -0.2) is 21.1 Å². The quantitative estimate of drug-likeness (QED) is 0.734. The Hall–Kier alpha value is -2.06. The zero-order valence-corrected chi connectivity index (χ0v) is 14.5. The van der Waals surface area contributed by atoms with E-state index in [4.69, 9.17) is 4.42 Å². The van der Waals surface area contributed by atoms with Crippen molar-refractivity contribution in [2.24, 2.45) is 0 Å². The van der Waals surface area contributed by atoms with E-state index in [1.807, 2.05) is 24.4 Å². The summed E-state index contributed by atoms with van der Waals surface area (Å²) in [6, 6.07) is 3.78. The number of aryl methyl sites for hydroxylation is 2. The van der Waals surface area contributed by atoms with E-state index in [0.717, 1.165) is 40.1 Å². The van der Waals surface area contributed by atoms with Crippen LogP contribution >= 0.6 is 22.7 Å². The lowest BCUT2D eigenvalue weighted by Gasteiger charge is -1.98. The van der Waals surface area contributed by atoms with Crippen molar-refractivity contribution in [1.29, 1.82) is 0 Å². The first kappa shape index (κ1) is 15.8. The number of rotatable bonds is 6. The molecule has 0 unspecified atom stereocenters. The molecule has 0 fully saturated rings. The summed E-state index contributed by atoms with van der Waals surface area (Å²) in [4.78, 5) is 16.5. The molecular formula is C15H16N4O2S2. The van der Waals surface area contributed by atoms with Gasteiger partial charge in [-0.15, -0.1) is 21.5 Å². The van der Waals surface area contributed by atoms with Crippen LogP contribution in [0.4, 0.5) is 5.13 Å². The topological polar surface area (TPSA) is 80.9 Å². The number of amides is 1. The van der Waals surface area contributed by atoms with E-state index >= 15 is 0 Å². The fourth-order valence-corrected chi connectivity index (χ4v) is 3.63. The third-order valence-corrected chi connectivity index (χ3v) is 4.83. The molecule has 3 aromatic heterocycles. The van der Waals surface area contributed by atoms with Crippen LogP contribution in [0.25, 0.3) is 10.8 Å². The zero-order chi connectivity index (χ0) is 16.2. The van der Waals surface area contributed by atoms with E-state index in [0.29, 0.717) is 5.13 Å². The van der Waals surface area contributed by atoms with Gasteiger partial charge in [-0.05, 0) is 25.5 Å².